The van der Waals surface area contributed by atoms with Crippen molar-refractivity contribution in [3.05, 3.63) is 71.1 Å². The van der Waals surface area contributed by atoms with Gasteiger partial charge in [-0.15, -0.1) is 11.3 Å². The zero-order valence-electron chi connectivity index (χ0n) is 15.8. The van der Waals surface area contributed by atoms with Gasteiger partial charge >= 0.3 is 0 Å². The van der Waals surface area contributed by atoms with Crippen LogP contribution in [-0.4, -0.2) is 33.3 Å². The molecule has 1 N–H and O–H groups in total. The number of rotatable bonds is 3. The minimum absolute atomic E-state index is 0.0359. The van der Waals surface area contributed by atoms with Crippen molar-refractivity contribution in [3.8, 4) is 16.6 Å². The quantitative estimate of drug-likeness (QED) is 0.661. The van der Waals surface area contributed by atoms with Gasteiger partial charge in [-0.25, -0.2) is 4.99 Å². The van der Waals surface area contributed by atoms with Crippen molar-refractivity contribution in [2.45, 2.75) is 6.92 Å². The van der Waals surface area contributed by atoms with E-state index in [4.69, 9.17) is 5.26 Å². The van der Waals surface area contributed by atoms with Crippen molar-refractivity contribution in [3.63, 3.8) is 0 Å². The second-order valence-electron chi connectivity index (χ2n) is 6.34. The molecule has 2 aromatic heterocycles. The second kappa shape index (κ2) is 7.69. The number of nitrogens with zero attached hydrogens (tertiary/aromatic N) is 5. The van der Waals surface area contributed by atoms with E-state index < -0.39 is 11.8 Å². The van der Waals surface area contributed by atoms with Crippen molar-refractivity contribution >= 4 is 40.6 Å². The van der Waals surface area contributed by atoms with Gasteiger partial charge in [-0.3, -0.25) is 9.59 Å². The fourth-order valence-electron chi connectivity index (χ4n) is 2.74. The van der Waals surface area contributed by atoms with Crippen LogP contribution in [0.25, 0.3) is 10.6 Å². The number of anilines is 1. The van der Waals surface area contributed by atoms with Crippen LogP contribution in [0.1, 0.15) is 22.8 Å². The summed E-state index contributed by atoms with van der Waals surface area (Å²) in [7, 11) is 0. The SMILES string of the molecule is C=C1C(=O)N=C(n2nc(-c3cccs3)cc2NC(=O)c2cccc(C#N)c2)N=C1C. The Morgan fingerprint density at radius 2 is 2.07 bits per heavy atom. The average molecular weight is 414 g/mol. The van der Waals surface area contributed by atoms with E-state index in [1.807, 2.05) is 23.6 Å². The predicted octanol–water partition coefficient (Wildman–Crippen LogP) is 3.50. The zero-order valence-corrected chi connectivity index (χ0v) is 16.6. The highest BCUT2D eigenvalue weighted by molar-refractivity contribution is 7.13. The summed E-state index contributed by atoms with van der Waals surface area (Å²) in [5.74, 6) is -0.612. The second-order valence-corrected chi connectivity index (χ2v) is 7.29. The summed E-state index contributed by atoms with van der Waals surface area (Å²) in [5, 5.41) is 18.2. The topological polar surface area (TPSA) is 112 Å². The van der Waals surface area contributed by atoms with Crippen LogP contribution in [0.2, 0.25) is 0 Å². The molecule has 0 saturated carbocycles. The zero-order chi connectivity index (χ0) is 21.3. The summed E-state index contributed by atoms with van der Waals surface area (Å²) >= 11 is 1.49. The van der Waals surface area contributed by atoms with E-state index in [0.29, 0.717) is 28.4 Å². The molecule has 0 aliphatic carbocycles. The molecule has 0 atom stereocenters. The number of nitrogens with one attached hydrogen (secondary N) is 1. The summed E-state index contributed by atoms with van der Waals surface area (Å²) in [6.45, 7) is 5.32. The molecule has 0 unspecified atom stereocenters. The van der Waals surface area contributed by atoms with Gasteiger partial charge in [-0.05, 0) is 36.6 Å². The molecule has 9 heteroatoms. The van der Waals surface area contributed by atoms with Gasteiger partial charge in [0.1, 0.15) is 11.5 Å². The smallest absolute Gasteiger partial charge is 0.281 e. The monoisotopic (exact) mass is 414 g/mol. The number of aromatic nitrogens is 2. The van der Waals surface area contributed by atoms with Crippen LogP contribution in [-0.2, 0) is 4.79 Å². The van der Waals surface area contributed by atoms with Crippen molar-refractivity contribution in [1.82, 2.24) is 9.78 Å². The van der Waals surface area contributed by atoms with Crippen molar-refractivity contribution in [1.29, 1.82) is 5.26 Å². The van der Waals surface area contributed by atoms with Crippen LogP contribution in [0.3, 0.4) is 0 Å². The normalized spacial score (nSPS) is 13.5. The van der Waals surface area contributed by atoms with Crippen LogP contribution in [0.4, 0.5) is 5.82 Å². The summed E-state index contributed by atoms with van der Waals surface area (Å²) in [5.41, 5.74) is 1.92. The first-order valence-corrected chi connectivity index (χ1v) is 9.67. The molecule has 146 valence electrons. The maximum absolute atomic E-state index is 12.8. The number of amides is 2. The maximum atomic E-state index is 12.8. The Labute approximate surface area is 175 Å². The number of carbonyl (C=O) groups excluding carboxylic acids is 2. The van der Waals surface area contributed by atoms with Crippen molar-refractivity contribution < 1.29 is 9.59 Å². The number of carbonyl (C=O) groups is 2. The number of nitriles is 1. The molecule has 1 aliphatic rings. The van der Waals surface area contributed by atoms with E-state index in [-0.39, 0.29) is 11.5 Å². The van der Waals surface area contributed by atoms with Gasteiger partial charge in [0.2, 0.25) is 0 Å². The van der Waals surface area contributed by atoms with Gasteiger partial charge in [0.25, 0.3) is 17.8 Å². The Bertz CT molecular complexity index is 1290. The minimum atomic E-state index is -0.510. The Hall–Kier alpha value is -4.16. The van der Waals surface area contributed by atoms with Crippen LogP contribution in [0.15, 0.2) is 70.0 Å². The predicted molar refractivity (Wildman–Crippen MR) is 115 cm³/mol. The van der Waals surface area contributed by atoms with Crippen molar-refractivity contribution in [2.24, 2.45) is 9.98 Å². The highest BCUT2D eigenvalue weighted by Gasteiger charge is 2.23. The molecule has 0 bridgehead atoms. The number of hydrogen-bond acceptors (Lipinski definition) is 6. The van der Waals surface area contributed by atoms with Crippen LogP contribution < -0.4 is 5.32 Å². The first kappa shape index (κ1) is 19.2. The molecule has 2 amide bonds. The lowest BCUT2D eigenvalue weighted by Crippen LogP contribution is -2.25. The van der Waals surface area contributed by atoms with Gasteiger partial charge in [0.05, 0.1) is 27.8 Å². The molecular weight excluding hydrogens is 400 g/mol. The molecular formula is C21H14N6O2S. The fraction of sp³-hybridized carbons (Fsp3) is 0.0476. The van der Waals surface area contributed by atoms with Gasteiger partial charge in [0, 0.05) is 11.6 Å². The van der Waals surface area contributed by atoms with Gasteiger partial charge in [-0.1, -0.05) is 18.7 Å². The molecule has 4 rings (SSSR count). The Morgan fingerprint density at radius 3 is 2.77 bits per heavy atom. The number of thiophene rings is 1. The number of hydrogen-bond donors (Lipinski definition) is 1. The largest absolute Gasteiger partial charge is 0.306 e. The van der Waals surface area contributed by atoms with E-state index >= 15 is 0 Å². The third-order valence-corrected chi connectivity index (χ3v) is 5.22. The number of benzene rings is 1. The molecule has 0 radical (unpaired) electrons. The molecule has 3 aromatic rings. The van der Waals surface area contributed by atoms with E-state index in [1.54, 1.807) is 31.2 Å². The number of aliphatic imine (C=N–C) groups is 2. The molecule has 0 fully saturated rings. The minimum Gasteiger partial charge on any atom is -0.306 e. The Morgan fingerprint density at radius 1 is 1.23 bits per heavy atom. The summed E-state index contributed by atoms with van der Waals surface area (Å²) in [6, 6.07) is 13.8. The van der Waals surface area contributed by atoms with Crippen LogP contribution in [0.5, 0.6) is 0 Å². The lowest BCUT2D eigenvalue weighted by atomic mass is 10.1. The molecule has 1 aliphatic heterocycles. The highest BCUT2D eigenvalue weighted by atomic mass is 32.1. The molecule has 0 spiro atoms. The van der Waals surface area contributed by atoms with Gasteiger partial charge in [-0.2, -0.15) is 20.0 Å². The fourth-order valence-corrected chi connectivity index (χ4v) is 3.42. The van der Waals surface area contributed by atoms with Crippen LogP contribution >= 0.6 is 11.3 Å². The highest BCUT2D eigenvalue weighted by Crippen LogP contribution is 2.27. The molecule has 0 saturated heterocycles. The van der Waals surface area contributed by atoms with E-state index in [1.165, 1.54) is 22.1 Å². The lowest BCUT2D eigenvalue weighted by Gasteiger charge is -2.12. The van der Waals surface area contributed by atoms with Gasteiger partial charge < -0.3 is 5.32 Å². The Kier molecular flexibility index (Phi) is 4.92. The molecule has 3 heterocycles. The molecule has 8 nitrogen and oxygen atoms in total. The van der Waals surface area contributed by atoms with E-state index in [0.717, 1.165) is 4.88 Å². The third-order valence-electron chi connectivity index (χ3n) is 4.33. The average Bonchev–Trinajstić information content (AvgIpc) is 3.41. The summed E-state index contributed by atoms with van der Waals surface area (Å²) < 4.78 is 1.31. The maximum Gasteiger partial charge on any atom is 0.281 e. The van der Waals surface area contributed by atoms with E-state index in [2.05, 4.69) is 27.0 Å². The van der Waals surface area contributed by atoms with E-state index in [9.17, 15) is 9.59 Å². The first-order valence-electron chi connectivity index (χ1n) is 8.79. The standard InChI is InChI=1S/C21H14N6O2S/c1-12-13(2)23-21(25-19(12)28)27-18(10-16(26-27)17-7-4-8-30-17)24-20(29)15-6-3-5-14(9-15)11-22/h3-10H,1H2,2H3,(H,24,29). The summed E-state index contributed by atoms with van der Waals surface area (Å²) in [6.07, 6.45) is 0. The third kappa shape index (κ3) is 3.59. The van der Waals surface area contributed by atoms with Gasteiger partial charge in [0.15, 0.2) is 0 Å². The lowest BCUT2D eigenvalue weighted by molar-refractivity contribution is -0.113. The first-order chi connectivity index (χ1) is 14.5. The summed E-state index contributed by atoms with van der Waals surface area (Å²) in [4.78, 5) is 34.0. The molecule has 30 heavy (non-hydrogen) atoms. The molecule has 1 aromatic carbocycles. The Balaban J connectivity index is 1.76. The van der Waals surface area contributed by atoms with Crippen molar-refractivity contribution in [2.75, 3.05) is 5.32 Å². The van der Waals surface area contributed by atoms with Crippen LogP contribution in [0, 0.1) is 11.3 Å².